The summed E-state index contributed by atoms with van der Waals surface area (Å²) in [6.07, 6.45) is 0.782. The Morgan fingerprint density at radius 3 is 2.67 bits per heavy atom. The number of nitriles is 1. The van der Waals surface area contributed by atoms with Crippen LogP contribution in [0.2, 0.25) is 0 Å². The van der Waals surface area contributed by atoms with Crippen molar-refractivity contribution in [2.45, 2.75) is 13.0 Å². The van der Waals surface area contributed by atoms with Crippen LogP contribution in [0, 0.1) is 11.3 Å². The van der Waals surface area contributed by atoms with Crippen LogP contribution in [-0.4, -0.2) is 17.4 Å². The van der Waals surface area contributed by atoms with Gasteiger partial charge in [0.25, 0.3) is 5.91 Å². The van der Waals surface area contributed by atoms with Crippen molar-refractivity contribution in [3.05, 3.63) is 64.7 Å². The van der Waals surface area contributed by atoms with E-state index in [0.29, 0.717) is 24.2 Å². The molecule has 0 atom stereocenters. The number of amides is 1. The van der Waals surface area contributed by atoms with Crippen molar-refractivity contribution in [2.75, 3.05) is 12.3 Å². The van der Waals surface area contributed by atoms with Gasteiger partial charge < -0.3 is 10.6 Å². The van der Waals surface area contributed by atoms with Gasteiger partial charge in [-0.2, -0.15) is 5.26 Å². The standard InChI is InChI=1S/C17H15N3O/c18-10-12-4-6-13(7-5-12)17(21)20-9-8-15-14(11-20)2-1-3-16(15)19/h1-7H,8-9,11,19H2. The molecule has 0 radical (unpaired) electrons. The van der Waals surface area contributed by atoms with Crippen molar-refractivity contribution in [1.82, 2.24) is 4.90 Å². The number of carbonyl (C=O) groups excluding carboxylic acids is 1. The number of hydrogen-bond acceptors (Lipinski definition) is 3. The van der Waals surface area contributed by atoms with Gasteiger partial charge in [-0.15, -0.1) is 0 Å². The van der Waals surface area contributed by atoms with Crippen molar-refractivity contribution < 1.29 is 4.79 Å². The van der Waals surface area contributed by atoms with E-state index in [-0.39, 0.29) is 5.91 Å². The van der Waals surface area contributed by atoms with E-state index < -0.39 is 0 Å². The number of nitrogens with zero attached hydrogens (tertiary/aromatic N) is 2. The molecule has 0 spiro atoms. The second kappa shape index (κ2) is 5.29. The molecule has 1 aliphatic rings. The zero-order chi connectivity index (χ0) is 14.8. The molecule has 1 aliphatic heterocycles. The summed E-state index contributed by atoms with van der Waals surface area (Å²) in [6, 6.07) is 14.6. The molecule has 0 fully saturated rings. The number of benzene rings is 2. The Morgan fingerprint density at radius 1 is 1.19 bits per heavy atom. The van der Waals surface area contributed by atoms with Crippen LogP contribution in [0.1, 0.15) is 27.0 Å². The first-order valence-corrected chi connectivity index (χ1v) is 6.84. The minimum atomic E-state index is -0.00688. The highest BCUT2D eigenvalue weighted by molar-refractivity contribution is 5.94. The highest BCUT2D eigenvalue weighted by Gasteiger charge is 2.22. The molecule has 1 heterocycles. The van der Waals surface area contributed by atoms with Gasteiger partial charge in [-0.05, 0) is 47.9 Å². The Morgan fingerprint density at radius 2 is 1.95 bits per heavy atom. The SMILES string of the molecule is N#Cc1ccc(C(=O)N2CCc3c(N)cccc3C2)cc1. The van der Waals surface area contributed by atoms with Crippen LogP contribution in [0.25, 0.3) is 0 Å². The molecule has 2 aromatic rings. The monoisotopic (exact) mass is 277 g/mol. The molecule has 0 saturated carbocycles. The summed E-state index contributed by atoms with van der Waals surface area (Å²) in [6.45, 7) is 1.25. The normalized spacial score (nSPS) is 13.4. The van der Waals surface area contributed by atoms with Crippen molar-refractivity contribution in [3.8, 4) is 6.07 Å². The van der Waals surface area contributed by atoms with Gasteiger partial charge in [-0.3, -0.25) is 4.79 Å². The predicted molar refractivity (Wildman–Crippen MR) is 80.5 cm³/mol. The molecule has 2 N–H and O–H groups in total. The fourth-order valence-corrected chi connectivity index (χ4v) is 2.68. The van der Waals surface area contributed by atoms with Crippen LogP contribution in [0.15, 0.2) is 42.5 Å². The number of nitrogens with two attached hydrogens (primary N) is 1. The lowest BCUT2D eigenvalue weighted by Crippen LogP contribution is -2.36. The molecule has 104 valence electrons. The maximum Gasteiger partial charge on any atom is 0.254 e. The van der Waals surface area contributed by atoms with E-state index in [2.05, 4.69) is 6.07 Å². The van der Waals surface area contributed by atoms with E-state index in [1.807, 2.05) is 23.1 Å². The largest absolute Gasteiger partial charge is 0.398 e. The first-order valence-electron chi connectivity index (χ1n) is 6.84. The summed E-state index contributed by atoms with van der Waals surface area (Å²) in [5.74, 6) is -0.00688. The number of anilines is 1. The predicted octanol–water partition coefficient (Wildman–Crippen LogP) is 2.34. The molecule has 0 unspecified atom stereocenters. The van der Waals surface area contributed by atoms with Crippen molar-refractivity contribution >= 4 is 11.6 Å². The second-order valence-corrected chi connectivity index (χ2v) is 5.15. The zero-order valence-corrected chi connectivity index (χ0v) is 11.5. The van der Waals surface area contributed by atoms with Gasteiger partial charge in [-0.1, -0.05) is 12.1 Å². The number of nitrogen functional groups attached to an aromatic ring is 1. The second-order valence-electron chi connectivity index (χ2n) is 5.15. The lowest BCUT2D eigenvalue weighted by molar-refractivity contribution is 0.0735. The Kier molecular flexibility index (Phi) is 3.33. The third-order valence-corrected chi connectivity index (χ3v) is 3.85. The number of rotatable bonds is 1. The smallest absolute Gasteiger partial charge is 0.254 e. The molecule has 4 heteroatoms. The fourth-order valence-electron chi connectivity index (χ4n) is 2.68. The number of carbonyl (C=O) groups is 1. The summed E-state index contributed by atoms with van der Waals surface area (Å²) in [7, 11) is 0. The van der Waals surface area contributed by atoms with Crippen LogP contribution >= 0.6 is 0 Å². The Bertz CT molecular complexity index is 729. The molecular formula is C17H15N3O. The van der Waals surface area contributed by atoms with Gasteiger partial charge >= 0.3 is 0 Å². The van der Waals surface area contributed by atoms with Gasteiger partial charge in [0.1, 0.15) is 0 Å². The van der Waals surface area contributed by atoms with Gasteiger partial charge in [-0.25, -0.2) is 0 Å². The van der Waals surface area contributed by atoms with Gasteiger partial charge in [0.15, 0.2) is 0 Å². The molecule has 0 bridgehead atoms. The van der Waals surface area contributed by atoms with Gasteiger partial charge in [0.05, 0.1) is 11.6 Å². The van der Waals surface area contributed by atoms with Crippen LogP contribution in [-0.2, 0) is 13.0 Å². The Labute approximate surface area is 123 Å². The van der Waals surface area contributed by atoms with Crippen LogP contribution < -0.4 is 5.73 Å². The molecule has 0 aliphatic carbocycles. The van der Waals surface area contributed by atoms with E-state index in [0.717, 1.165) is 23.2 Å². The number of hydrogen-bond donors (Lipinski definition) is 1. The summed E-state index contributed by atoms with van der Waals surface area (Å²) < 4.78 is 0. The molecule has 3 rings (SSSR count). The minimum Gasteiger partial charge on any atom is -0.398 e. The molecule has 4 nitrogen and oxygen atoms in total. The lowest BCUT2D eigenvalue weighted by Gasteiger charge is -2.29. The molecule has 2 aromatic carbocycles. The fraction of sp³-hybridized carbons (Fsp3) is 0.176. The van der Waals surface area contributed by atoms with Gasteiger partial charge in [0, 0.05) is 24.3 Å². The van der Waals surface area contributed by atoms with E-state index in [1.54, 1.807) is 24.3 Å². The maximum absolute atomic E-state index is 12.5. The van der Waals surface area contributed by atoms with E-state index in [9.17, 15) is 4.79 Å². The van der Waals surface area contributed by atoms with E-state index in [1.165, 1.54) is 0 Å². The average Bonchev–Trinajstić information content (AvgIpc) is 2.54. The quantitative estimate of drug-likeness (QED) is 0.813. The molecule has 1 amide bonds. The first kappa shape index (κ1) is 13.2. The summed E-state index contributed by atoms with van der Waals surface area (Å²) >= 11 is 0. The lowest BCUT2D eigenvalue weighted by atomic mass is 9.97. The highest BCUT2D eigenvalue weighted by atomic mass is 16.2. The third-order valence-electron chi connectivity index (χ3n) is 3.85. The first-order chi connectivity index (χ1) is 10.2. The van der Waals surface area contributed by atoms with Crippen LogP contribution in [0.4, 0.5) is 5.69 Å². The third kappa shape index (κ3) is 2.46. The zero-order valence-electron chi connectivity index (χ0n) is 11.5. The van der Waals surface area contributed by atoms with E-state index >= 15 is 0 Å². The van der Waals surface area contributed by atoms with Crippen LogP contribution in [0.5, 0.6) is 0 Å². The van der Waals surface area contributed by atoms with Gasteiger partial charge in [0.2, 0.25) is 0 Å². The van der Waals surface area contributed by atoms with Crippen molar-refractivity contribution in [3.63, 3.8) is 0 Å². The summed E-state index contributed by atoms with van der Waals surface area (Å²) in [4.78, 5) is 14.3. The highest BCUT2D eigenvalue weighted by Crippen LogP contribution is 2.25. The van der Waals surface area contributed by atoms with Crippen LogP contribution in [0.3, 0.4) is 0 Å². The Balaban J connectivity index is 1.82. The summed E-state index contributed by atoms with van der Waals surface area (Å²) in [5, 5.41) is 8.79. The number of fused-ring (bicyclic) bond motifs is 1. The Hall–Kier alpha value is -2.80. The molecular weight excluding hydrogens is 262 g/mol. The minimum absolute atomic E-state index is 0.00688. The van der Waals surface area contributed by atoms with Crippen molar-refractivity contribution in [1.29, 1.82) is 5.26 Å². The van der Waals surface area contributed by atoms with E-state index in [4.69, 9.17) is 11.0 Å². The average molecular weight is 277 g/mol. The summed E-state index contributed by atoms with van der Waals surface area (Å²) in [5.41, 5.74) is 10.2. The maximum atomic E-state index is 12.5. The molecule has 0 aromatic heterocycles. The molecule has 0 saturated heterocycles. The van der Waals surface area contributed by atoms with Crippen molar-refractivity contribution in [2.24, 2.45) is 0 Å². The molecule has 21 heavy (non-hydrogen) atoms. The topological polar surface area (TPSA) is 70.1 Å².